The topological polar surface area (TPSA) is 26.0 Å². The Balaban J connectivity index is 2.49. The molecule has 0 unspecified atom stereocenters. The van der Waals surface area contributed by atoms with Gasteiger partial charge in [-0.2, -0.15) is 0 Å². The summed E-state index contributed by atoms with van der Waals surface area (Å²) in [5.41, 5.74) is 7.96. The summed E-state index contributed by atoms with van der Waals surface area (Å²) in [6.07, 6.45) is 0. The van der Waals surface area contributed by atoms with Crippen molar-refractivity contribution < 1.29 is 8.78 Å². The maximum Gasteiger partial charge on any atom is 0.127 e. The third-order valence-corrected chi connectivity index (χ3v) is 2.77. The molecule has 0 amide bonds. The molecule has 0 radical (unpaired) electrons. The van der Waals surface area contributed by atoms with Crippen LogP contribution in [0.15, 0.2) is 36.4 Å². The number of hydrogen-bond acceptors (Lipinski definition) is 1. The third kappa shape index (κ3) is 2.34. The SMILES string of the molecule is Cc1ccc(-c2ccc(F)c(CN)c2)cc1F. The smallest absolute Gasteiger partial charge is 0.127 e. The van der Waals surface area contributed by atoms with Crippen molar-refractivity contribution in [2.45, 2.75) is 13.5 Å². The van der Waals surface area contributed by atoms with E-state index in [1.807, 2.05) is 6.07 Å². The van der Waals surface area contributed by atoms with E-state index in [0.29, 0.717) is 11.1 Å². The molecule has 0 aromatic heterocycles. The van der Waals surface area contributed by atoms with Crippen molar-refractivity contribution in [3.63, 3.8) is 0 Å². The second-order valence-corrected chi connectivity index (χ2v) is 3.97. The van der Waals surface area contributed by atoms with Crippen LogP contribution >= 0.6 is 0 Å². The molecule has 2 N–H and O–H groups in total. The molecular formula is C14H13F2N. The maximum absolute atomic E-state index is 13.4. The van der Waals surface area contributed by atoms with Crippen LogP contribution in [0.2, 0.25) is 0 Å². The Bertz CT molecular complexity index is 550. The Kier molecular flexibility index (Phi) is 3.20. The van der Waals surface area contributed by atoms with Crippen LogP contribution in [0.4, 0.5) is 8.78 Å². The third-order valence-electron chi connectivity index (χ3n) is 2.77. The van der Waals surface area contributed by atoms with Gasteiger partial charge in [0.25, 0.3) is 0 Å². The Morgan fingerprint density at radius 1 is 0.941 bits per heavy atom. The summed E-state index contributed by atoms with van der Waals surface area (Å²) in [7, 11) is 0. The van der Waals surface area contributed by atoms with Gasteiger partial charge in [0.1, 0.15) is 11.6 Å². The zero-order valence-corrected chi connectivity index (χ0v) is 9.50. The molecule has 0 aliphatic rings. The predicted octanol–water partition coefficient (Wildman–Crippen LogP) is 3.40. The van der Waals surface area contributed by atoms with Crippen LogP contribution in [0.25, 0.3) is 11.1 Å². The number of halogens is 2. The van der Waals surface area contributed by atoms with E-state index in [1.165, 1.54) is 12.1 Å². The van der Waals surface area contributed by atoms with Gasteiger partial charge in [-0.3, -0.25) is 0 Å². The highest BCUT2D eigenvalue weighted by atomic mass is 19.1. The molecule has 0 spiro atoms. The van der Waals surface area contributed by atoms with Crippen LogP contribution in [0, 0.1) is 18.6 Å². The summed E-state index contributed by atoms with van der Waals surface area (Å²) in [6, 6.07) is 9.60. The number of nitrogens with two attached hydrogens (primary N) is 1. The van der Waals surface area contributed by atoms with Crippen molar-refractivity contribution in [1.29, 1.82) is 0 Å². The summed E-state index contributed by atoms with van der Waals surface area (Å²) in [4.78, 5) is 0. The summed E-state index contributed by atoms with van der Waals surface area (Å²) in [6.45, 7) is 1.84. The maximum atomic E-state index is 13.4. The quantitative estimate of drug-likeness (QED) is 0.845. The number of hydrogen-bond donors (Lipinski definition) is 1. The fourth-order valence-corrected chi connectivity index (χ4v) is 1.68. The Morgan fingerprint density at radius 2 is 1.59 bits per heavy atom. The summed E-state index contributed by atoms with van der Waals surface area (Å²) in [5, 5.41) is 0. The van der Waals surface area contributed by atoms with Crippen LogP contribution in [0.1, 0.15) is 11.1 Å². The lowest BCUT2D eigenvalue weighted by atomic mass is 10.0. The van der Waals surface area contributed by atoms with Gasteiger partial charge in [-0.15, -0.1) is 0 Å². The lowest BCUT2D eigenvalue weighted by Crippen LogP contribution is -1.99. The average molecular weight is 233 g/mol. The van der Waals surface area contributed by atoms with E-state index in [4.69, 9.17) is 5.73 Å². The molecule has 3 heteroatoms. The van der Waals surface area contributed by atoms with E-state index in [1.54, 1.807) is 25.1 Å². The first-order valence-electron chi connectivity index (χ1n) is 5.37. The molecule has 1 nitrogen and oxygen atoms in total. The highest BCUT2D eigenvalue weighted by molar-refractivity contribution is 5.64. The minimum atomic E-state index is -0.330. The Morgan fingerprint density at radius 3 is 2.24 bits per heavy atom. The standard InChI is InChI=1S/C14H13F2N/c1-9-2-3-11(7-14(9)16)10-4-5-13(15)12(6-10)8-17/h2-7H,8,17H2,1H3. The van der Waals surface area contributed by atoms with Gasteiger partial charge in [0.15, 0.2) is 0 Å². The van der Waals surface area contributed by atoms with Gasteiger partial charge in [0, 0.05) is 12.1 Å². The minimum absolute atomic E-state index is 0.133. The van der Waals surface area contributed by atoms with Gasteiger partial charge < -0.3 is 5.73 Å². The highest BCUT2D eigenvalue weighted by Gasteiger charge is 2.05. The van der Waals surface area contributed by atoms with Crippen LogP contribution in [-0.2, 0) is 6.54 Å². The monoisotopic (exact) mass is 233 g/mol. The van der Waals surface area contributed by atoms with Gasteiger partial charge in [0.05, 0.1) is 0 Å². The Labute approximate surface area is 98.9 Å². The van der Waals surface area contributed by atoms with E-state index in [0.717, 1.165) is 11.1 Å². The molecule has 2 aromatic rings. The molecule has 0 aliphatic carbocycles. The minimum Gasteiger partial charge on any atom is -0.326 e. The van der Waals surface area contributed by atoms with Gasteiger partial charge in [0.2, 0.25) is 0 Å². The van der Waals surface area contributed by atoms with Crippen molar-refractivity contribution >= 4 is 0 Å². The van der Waals surface area contributed by atoms with Crippen molar-refractivity contribution in [2.24, 2.45) is 5.73 Å². The second kappa shape index (κ2) is 4.63. The van der Waals surface area contributed by atoms with Crippen LogP contribution < -0.4 is 5.73 Å². The van der Waals surface area contributed by atoms with Crippen molar-refractivity contribution in [1.82, 2.24) is 0 Å². The highest BCUT2D eigenvalue weighted by Crippen LogP contribution is 2.23. The largest absolute Gasteiger partial charge is 0.326 e. The van der Waals surface area contributed by atoms with E-state index in [-0.39, 0.29) is 18.2 Å². The lowest BCUT2D eigenvalue weighted by Gasteiger charge is -2.06. The van der Waals surface area contributed by atoms with Crippen LogP contribution in [0.3, 0.4) is 0 Å². The lowest BCUT2D eigenvalue weighted by molar-refractivity contribution is 0.611. The number of benzene rings is 2. The van der Waals surface area contributed by atoms with Crippen LogP contribution in [0.5, 0.6) is 0 Å². The molecular weight excluding hydrogens is 220 g/mol. The second-order valence-electron chi connectivity index (χ2n) is 3.97. The molecule has 2 rings (SSSR count). The summed E-state index contributed by atoms with van der Waals surface area (Å²) >= 11 is 0. The summed E-state index contributed by atoms with van der Waals surface area (Å²) in [5.74, 6) is -0.593. The molecule has 0 saturated heterocycles. The van der Waals surface area contributed by atoms with Gasteiger partial charge in [-0.25, -0.2) is 8.78 Å². The van der Waals surface area contributed by atoms with Gasteiger partial charge in [-0.1, -0.05) is 18.2 Å². The molecule has 0 heterocycles. The van der Waals surface area contributed by atoms with Crippen molar-refractivity contribution in [3.8, 4) is 11.1 Å². The van der Waals surface area contributed by atoms with E-state index in [9.17, 15) is 8.78 Å². The Hall–Kier alpha value is -1.74. The van der Waals surface area contributed by atoms with Gasteiger partial charge >= 0.3 is 0 Å². The molecule has 17 heavy (non-hydrogen) atoms. The molecule has 0 aliphatic heterocycles. The normalized spacial score (nSPS) is 10.6. The van der Waals surface area contributed by atoms with Crippen molar-refractivity contribution in [2.75, 3.05) is 0 Å². The molecule has 0 fully saturated rings. The number of aryl methyl sites for hydroxylation is 1. The van der Waals surface area contributed by atoms with E-state index >= 15 is 0 Å². The first kappa shape index (κ1) is 11.7. The molecule has 0 atom stereocenters. The fourth-order valence-electron chi connectivity index (χ4n) is 1.68. The molecule has 0 bridgehead atoms. The van der Waals surface area contributed by atoms with Gasteiger partial charge in [-0.05, 0) is 41.8 Å². The molecule has 0 saturated carbocycles. The first-order valence-corrected chi connectivity index (χ1v) is 5.37. The van der Waals surface area contributed by atoms with E-state index in [2.05, 4.69) is 0 Å². The zero-order chi connectivity index (χ0) is 12.4. The molecule has 2 aromatic carbocycles. The first-order chi connectivity index (χ1) is 8.11. The van der Waals surface area contributed by atoms with Crippen LogP contribution in [-0.4, -0.2) is 0 Å². The summed E-state index contributed by atoms with van der Waals surface area (Å²) < 4.78 is 26.7. The molecule has 88 valence electrons. The fraction of sp³-hybridized carbons (Fsp3) is 0.143. The van der Waals surface area contributed by atoms with E-state index < -0.39 is 0 Å². The zero-order valence-electron chi connectivity index (χ0n) is 9.50. The predicted molar refractivity (Wildman–Crippen MR) is 64.4 cm³/mol. The van der Waals surface area contributed by atoms with Crippen molar-refractivity contribution in [3.05, 3.63) is 59.2 Å². The number of rotatable bonds is 2. The average Bonchev–Trinajstić information content (AvgIpc) is 2.33.